The summed E-state index contributed by atoms with van der Waals surface area (Å²) >= 11 is 1.40. The van der Waals surface area contributed by atoms with Crippen molar-refractivity contribution in [3.05, 3.63) is 16.1 Å². The summed E-state index contributed by atoms with van der Waals surface area (Å²) in [6.45, 7) is 4.44. The number of aliphatic hydroxyl groups is 1. The van der Waals surface area contributed by atoms with Gasteiger partial charge in [-0.1, -0.05) is 0 Å². The normalized spacial score (nSPS) is 21.8. The molecule has 1 aromatic rings. The van der Waals surface area contributed by atoms with E-state index in [-0.39, 0.29) is 18.1 Å². The van der Waals surface area contributed by atoms with Crippen LogP contribution in [0.25, 0.3) is 0 Å². The van der Waals surface area contributed by atoms with Gasteiger partial charge in [-0.3, -0.25) is 4.79 Å². The summed E-state index contributed by atoms with van der Waals surface area (Å²) in [5.74, 6) is 0.0770. The molecule has 2 atom stereocenters. The van der Waals surface area contributed by atoms with Gasteiger partial charge in [-0.15, -0.1) is 11.3 Å². The highest BCUT2D eigenvalue weighted by Gasteiger charge is 2.31. The van der Waals surface area contributed by atoms with Gasteiger partial charge in [0.2, 0.25) is 0 Å². The van der Waals surface area contributed by atoms with E-state index < -0.39 is 0 Å². The molecule has 17 heavy (non-hydrogen) atoms. The third-order valence-corrected chi connectivity index (χ3v) is 4.11. The van der Waals surface area contributed by atoms with Crippen molar-refractivity contribution in [2.75, 3.05) is 6.54 Å². The number of rotatable bonds is 3. The zero-order valence-corrected chi connectivity index (χ0v) is 11.0. The Morgan fingerprint density at radius 1 is 1.76 bits per heavy atom. The predicted octanol–water partition coefficient (Wildman–Crippen LogP) is 1.83. The summed E-state index contributed by atoms with van der Waals surface area (Å²) in [6, 6.07) is 0.184. The average Bonchev–Trinajstić information content (AvgIpc) is 2.85. The maximum atomic E-state index is 12.3. The molecular formula is C12H18N2O2S. The first kappa shape index (κ1) is 12.5. The average molecular weight is 254 g/mol. The number of nitrogens with zero attached hydrogens (tertiary/aromatic N) is 2. The van der Waals surface area contributed by atoms with E-state index in [9.17, 15) is 9.90 Å². The minimum Gasteiger partial charge on any atom is -0.393 e. The fraction of sp³-hybridized carbons (Fsp3) is 0.667. The van der Waals surface area contributed by atoms with Gasteiger partial charge in [-0.25, -0.2) is 4.98 Å². The summed E-state index contributed by atoms with van der Waals surface area (Å²) in [5, 5.41) is 9.45. The van der Waals surface area contributed by atoms with Crippen molar-refractivity contribution in [2.24, 2.45) is 0 Å². The minimum absolute atomic E-state index is 0.0770. The number of hydrogen-bond acceptors (Lipinski definition) is 4. The molecule has 0 aromatic carbocycles. The molecule has 1 aromatic heterocycles. The van der Waals surface area contributed by atoms with Crippen LogP contribution in [0.5, 0.6) is 0 Å². The van der Waals surface area contributed by atoms with E-state index in [0.717, 1.165) is 30.0 Å². The summed E-state index contributed by atoms with van der Waals surface area (Å²) in [5.41, 5.74) is 2.52. The summed E-state index contributed by atoms with van der Waals surface area (Å²) in [6.07, 6.45) is 2.34. The molecule has 1 aliphatic heterocycles. The van der Waals surface area contributed by atoms with Crippen LogP contribution in [0.1, 0.15) is 41.6 Å². The summed E-state index contributed by atoms with van der Waals surface area (Å²) in [4.78, 5) is 19.1. The van der Waals surface area contributed by atoms with E-state index in [2.05, 4.69) is 4.98 Å². The highest BCUT2D eigenvalue weighted by atomic mass is 32.1. The number of thiazole rings is 1. The van der Waals surface area contributed by atoms with E-state index in [0.29, 0.717) is 6.42 Å². The molecule has 1 N–H and O–H groups in total. The van der Waals surface area contributed by atoms with Gasteiger partial charge in [0, 0.05) is 12.6 Å². The lowest BCUT2D eigenvalue weighted by Gasteiger charge is -2.25. The van der Waals surface area contributed by atoms with Crippen LogP contribution in [-0.4, -0.2) is 39.6 Å². The zero-order chi connectivity index (χ0) is 12.4. The largest absolute Gasteiger partial charge is 0.393 e. The van der Waals surface area contributed by atoms with Crippen LogP contribution >= 0.6 is 11.3 Å². The van der Waals surface area contributed by atoms with Crippen LogP contribution in [0.2, 0.25) is 0 Å². The Morgan fingerprint density at radius 2 is 2.53 bits per heavy atom. The molecule has 0 spiro atoms. The third kappa shape index (κ3) is 2.66. The lowest BCUT2D eigenvalue weighted by atomic mass is 10.1. The standard InChI is InChI=1S/C12H18N2O2S/c1-8(15)6-10-4-3-5-14(10)12(16)11-9(2)13-7-17-11/h7-8,10,15H,3-6H2,1-2H3. The number of carbonyl (C=O) groups is 1. The van der Waals surface area contributed by atoms with Crippen molar-refractivity contribution in [3.8, 4) is 0 Å². The van der Waals surface area contributed by atoms with Crippen molar-refractivity contribution in [3.63, 3.8) is 0 Å². The van der Waals surface area contributed by atoms with Crippen LogP contribution in [-0.2, 0) is 0 Å². The molecule has 94 valence electrons. The van der Waals surface area contributed by atoms with Gasteiger partial charge in [-0.2, -0.15) is 0 Å². The molecule has 0 radical (unpaired) electrons. The van der Waals surface area contributed by atoms with Crippen molar-refractivity contribution in [1.82, 2.24) is 9.88 Å². The van der Waals surface area contributed by atoms with E-state index in [1.165, 1.54) is 11.3 Å². The Balaban J connectivity index is 2.11. The maximum Gasteiger partial charge on any atom is 0.266 e. The highest BCUT2D eigenvalue weighted by molar-refractivity contribution is 7.11. The van der Waals surface area contributed by atoms with Crippen molar-refractivity contribution in [2.45, 2.75) is 45.3 Å². The van der Waals surface area contributed by atoms with Gasteiger partial charge in [0.1, 0.15) is 4.88 Å². The van der Waals surface area contributed by atoms with Crippen molar-refractivity contribution in [1.29, 1.82) is 0 Å². The molecule has 5 heteroatoms. The quantitative estimate of drug-likeness (QED) is 0.895. The molecule has 0 bridgehead atoms. The Morgan fingerprint density at radius 3 is 3.12 bits per heavy atom. The van der Waals surface area contributed by atoms with E-state index in [1.807, 2.05) is 11.8 Å². The first-order chi connectivity index (χ1) is 8.09. The maximum absolute atomic E-state index is 12.3. The van der Waals surface area contributed by atoms with Gasteiger partial charge in [0.15, 0.2) is 0 Å². The topological polar surface area (TPSA) is 53.4 Å². The molecule has 0 saturated carbocycles. The number of likely N-dealkylation sites (tertiary alicyclic amines) is 1. The molecule has 1 fully saturated rings. The van der Waals surface area contributed by atoms with Crippen LogP contribution in [0.4, 0.5) is 0 Å². The Bertz CT molecular complexity index is 403. The SMILES string of the molecule is Cc1ncsc1C(=O)N1CCCC1CC(C)O. The lowest BCUT2D eigenvalue weighted by molar-refractivity contribution is 0.0686. The predicted molar refractivity (Wildman–Crippen MR) is 67.2 cm³/mol. The summed E-state index contributed by atoms with van der Waals surface area (Å²) < 4.78 is 0. The first-order valence-corrected chi connectivity index (χ1v) is 6.86. The smallest absolute Gasteiger partial charge is 0.266 e. The van der Waals surface area contributed by atoms with Crippen molar-refractivity contribution < 1.29 is 9.90 Å². The minimum atomic E-state index is -0.351. The molecule has 1 aliphatic rings. The van der Waals surface area contributed by atoms with Crippen molar-refractivity contribution >= 4 is 17.2 Å². The van der Waals surface area contributed by atoms with Gasteiger partial charge < -0.3 is 10.0 Å². The van der Waals surface area contributed by atoms with Gasteiger partial charge in [0.05, 0.1) is 17.3 Å². The Kier molecular flexibility index (Phi) is 3.79. The third-order valence-electron chi connectivity index (χ3n) is 3.19. The number of carbonyl (C=O) groups excluding carboxylic acids is 1. The fourth-order valence-electron chi connectivity index (χ4n) is 2.38. The molecule has 2 heterocycles. The Labute approximate surface area is 105 Å². The van der Waals surface area contributed by atoms with Crippen LogP contribution in [0.15, 0.2) is 5.51 Å². The lowest BCUT2D eigenvalue weighted by Crippen LogP contribution is -2.37. The second kappa shape index (κ2) is 5.14. The molecule has 1 saturated heterocycles. The number of amides is 1. The van der Waals surface area contributed by atoms with E-state index in [4.69, 9.17) is 0 Å². The molecule has 2 rings (SSSR count). The number of hydrogen-bond donors (Lipinski definition) is 1. The molecule has 2 unspecified atom stereocenters. The Hall–Kier alpha value is -0.940. The molecule has 0 aliphatic carbocycles. The zero-order valence-electron chi connectivity index (χ0n) is 10.2. The van der Waals surface area contributed by atoms with Crippen LogP contribution < -0.4 is 0 Å². The van der Waals surface area contributed by atoms with Crippen LogP contribution in [0, 0.1) is 6.92 Å². The number of aliphatic hydroxyl groups excluding tert-OH is 1. The van der Waals surface area contributed by atoms with Gasteiger partial charge in [0.25, 0.3) is 5.91 Å². The van der Waals surface area contributed by atoms with Gasteiger partial charge >= 0.3 is 0 Å². The second-order valence-corrected chi connectivity index (χ2v) is 5.50. The second-order valence-electron chi connectivity index (χ2n) is 4.65. The van der Waals surface area contributed by atoms with E-state index in [1.54, 1.807) is 12.4 Å². The number of aryl methyl sites for hydroxylation is 1. The monoisotopic (exact) mass is 254 g/mol. The number of aromatic nitrogens is 1. The molecule has 1 amide bonds. The summed E-state index contributed by atoms with van der Waals surface area (Å²) in [7, 11) is 0. The fourth-order valence-corrected chi connectivity index (χ4v) is 3.14. The van der Waals surface area contributed by atoms with Crippen LogP contribution in [0.3, 0.4) is 0 Å². The molecule has 4 nitrogen and oxygen atoms in total. The van der Waals surface area contributed by atoms with Gasteiger partial charge in [-0.05, 0) is 33.1 Å². The first-order valence-electron chi connectivity index (χ1n) is 5.98. The molecular weight excluding hydrogens is 236 g/mol. The highest BCUT2D eigenvalue weighted by Crippen LogP contribution is 2.25. The van der Waals surface area contributed by atoms with E-state index >= 15 is 0 Å².